The van der Waals surface area contributed by atoms with Crippen molar-refractivity contribution in [2.24, 2.45) is 0 Å². The summed E-state index contributed by atoms with van der Waals surface area (Å²) in [5, 5.41) is 0. The van der Waals surface area contributed by atoms with E-state index in [1.165, 1.54) is 116 Å². The van der Waals surface area contributed by atoms with Gasteiger partial charge in [0, 0.05) is 19.3 Å². The molecule has 65 heavy (non-hydrogen) atoms. The van der Waals surface area contributed by atoms with Crippen LogP contribution in [-0.2, 0) is 28.6 Å². The summed E-state index contributed by atoms with van der Waals surface area (Å²) in [7, 11) is 0. The third kappa shape index (κ3) is 51.7. The molecule has 0 aliphatic heterocycles. The summed E-state index contributed by atoms with van der Waals surface area (Å²) in [6, 6.07) is 0. The lowest BCUT2D eigenvalue weighted by molar-refractivity contribution is -0.167. The van der Waals surface area contributed by atoms with Gasteiger partial charge in [-0.1, -0.05) is 229 Å². The van der Waals surface area contributed by atoms with E-state index in [4.69, 9.17) is 14.2 Å². The Bertz CT molecular complexity index is 1230. The maximum Gasteiger partial charge on any atom is 0.306 e. The smallest absolute Gasteiger partial charge is 0.306 e. The van der Waals surface area contributed by atoms with Gasteiger partial charge < -0.3 is 14.2 Å². The van der Waals surface area contributed by atoms with Gasteiger partial charge in [0.05, 0.1) is 0 Å². The summed E-state index contributed by atoms with van der Waals surface area (Å²) >= 11 is 0. The van der Waals surface area contributed by atoms with Crippen molar-refractivity contribution in [1.29, 1.82) is 0 Å². The summed E-state index contributed by atoms with van der Waals surface area (Å²) in [6.07, 6.45) is 67.6. The standard InChI is InChI=1S/C59H102O6/c1-4-7-10-13-16-18-20-22-24-25-26-27-28-29-30-31-32-33-35-36-38-40-43-46-49-52-58(61)64-55-56(54-63-57(60)51-48-45-42-15-12-9-6-3)65-59(62)53-50-47-44-41-39-37-34-23-21-19-17-14-11-8-5-2/h7,10,16,18,22-24,26-27,29-30,34,56H,4-6,8-9,11-15,17,19-21,25,28,31-33,35-55H2,1-3H3/b10-7-,18-16-,24-22-,27-26-,30-29-,34-23-. The Morgan fingerprint density at radius 1 is 0.323 bits per heavy atom. The summed E-state index contributed by atoms with van der Waals surface area (Å²) < 4.78 is 16.7. The third-order valence-corrected chi connectivity index (χ3v) is 11.7. The van der Waals surface area contributed by atoms with Gasteiger partial charge >= 0.3 is 17.9 Å². The molecule has 0 amide bonds. The van der Waals surface area contributed by atoms with E-state index in [-0.39, 0.29) is 31.1 Å². The van der Waals surface area contributed by atoms with E-state index in [2.05, 4.69) is 93.7 Å². The van der Waals surface area contributed by atoms with Gasteiger partial charge in [0.2, 0.25) is 0 Å². The fraction of sp³-hybridized carbons (Fsp3) is 0.746. The van der Waals surface area contributed by atoms with Crippen molar-refractivity contribution >= 4 is 17.9 Å². The van der Waals surface area contributed by atoms with Crippen LogP contribution in [0.5, 0.6) is 0 Å². The zero-order chi connectivity index (χ0) is 47.2. The van der Waals surface area contributed by atoms with E-state index >= 15 is 0 Å². The Labute approximate surface area is 402 Å². The number of allylic oxidation sites excluding steroid dienone is 12. The summed E-state index contributed by atoms with van der Waals surface area (Å²) in [6.45, 7) is 6.47. The molecule has 0 bridgehead atoms. The van der Waals surface area contributed by atoms with Crippen LogP contribution in [0.2, 0.25) is 0 Å². The van der Waals surface area contributed by atoms with E-state index in [0.29, 0.717) is 19.3 Å². The van der Waals surface area contributed by atoms with Crippen LogP contribution >= 0.6 is 0 Å². The van der Waals surface area contributed by atoms with Crippen LogP contribution in [0.25, 0.3) is 0 Å². The molecule has 6 nitrogen and oxygen atoms in total. The highest BCUT2D eigenvalue weighted by atomic mass is 16.6. The first-order valence-corrected chi connectivity index (χ1v) is 27.4. The van der Waals surface area contributed by atoms with Crippen LogP contribution in [0.15, 0.2) is 72.9 Å². The molecule has 374 valence electrons. The highest BCUT2D eigenvalue weighted by Gasteiger charge is 2.19. The Morgan fingerprint density at radius 2 is 0.600 bits per heavy atom. The van der Waals surface area contributed by atoms with Gasteiger partial charge in [0.15, 0.2) is 6.10 Å². The first kappa shape index (κ1) is 61.9. The molecule has 0 saturated heterocycles. The zero-order valence-corrected chi connectivity index (χ0v) is 42.7. The van der Waals surface area contributed by atoms with E-state index in [1.54, 1.807) is 0 Å². The molecular weight excluding hydrogens is 805 g/mol. The number of ether oxygens (including phenoxy) is 3. The average Bonchev–Trinajstić information content (AvgIpc) is 3.30. The molecule has 0 N–H and O–H groups in total. The van der Waals surface area contributed by atoms with Gasteiger partial charge in [0.1, 0.15) is 13.2 Å². The normalized spacial score (nSPS) is 12.6. The van der Waals surface area contributed by atoms with Crippen molar-refractivity contribution < 1.29 is 28.6 Å². The van der Waals surface area contributed by atoms with Gasteiger partial charge in [-0.25, -0.2) is 0 Å². The maximum absolute atomic E-state index is 12.8. The number of unbranched alkanes of at least 4 members (excludes halogenated alkanes) is 26. The van der Waals surface area contributed by atoms with Crippen LogP contribution < -0.4 is 0 Å². The predicted molar refractivity (Wildman–Crippen MR) is 279 cm³/mol. The quantitative estimate of drug-likeness (QED) is 0.0262. The molecular formula is C59H102O6. The Morgan fingerprint density at radius 3 is 0.954 bits per heavy atom. The van der Waals surface area contributed by atoms with E-state index in [1.807, 2.05) is 0 Å². The topological polar surface area (TPSA) is 78.9 Å². The number of hydrogen-bond donors (Lipinski definition) is 0. The van der Waals surface area contributed by atoms with Gasteiger partial charge in [-0.05, 0) is 89.9 Å². The fourth-order valence-electron chi connectivity index (χ4n) is 7.58. The molecule has 0 rings (SSSR count). The van der Waals surface area contributed by atoms with Crippen molar-refractivity contribution in [3.63, 3.8) is 0 Å². The van der Waals surface area contributed by atoms with Crippen LogP contribution in [-0.4, -0.2) is 37.2 Å². The molecule has 0 heterocycles. The molecule has 6 heteroatoms. The first-order chi connectivity index (χ1) is 32.0. The number of hydrogen-bond acceptors (Lipinski definition) is 6. The second-order valence-electron chi connectivity index (χ2n) is 18.1. The molecule has 0 fully saturated rings. The zero-order valence-electron chi connectivity index (χ0n) is 42.7. The lowest BCUT2D eigenvalue weighted by atomic mass is 10.1. The van der Waals surface area contributed by atoms with Crippen LogP contribution in [0.1, 0.15) is 265 Å². The number of esters is 3. The molecule has 1 unspecified atom stereocenters. The highest BCUT2D eigenvalue weighted by molar-refractivity contribution is 5.71. The van der Waals surface area contributed by atoms with Gasteiger partial charge in [-0.3, -0.25) is 14.4 Å². The molecule has 0 aliphatic carbocycles. The largest absolute Gasteiger partial charge is 0.462 e. The molecule has 0 saturated carbocycles. The highest BCUT2D eigenvalue weighted by Crippen LogP contribution is 2.15. The molecule has 1 atom stereocenters. The summed E-state index contributed by atoms with van der Waals surface area (Å²) in [4.78, 5) is 37.9. The first-order valence-electron chi connectivity index (χ1n) is 27.4. The lowest BCUT2D eigenvalue weighted by Gasteiger charge is -2.18. The van der Waals surface area contributed by atoms with Gasteiger partial charge in [-0.2, -0.15) is 0 Å². The maximum atomic E-state index is 12.8. The van der Waals surface area contributed by atoms with Crippen LogP contribution in [0.3, 0.4) is 0 Å². The van der Waals surface area contributed by atoms with Crippen molar-refractivity contribution in [3.8, 4) is 0 Å². The third-order valence-electron chi connectivity index (χ3n) is 11.7. The average molecular weight is 907 g/mol. The molecule has 0 radical (unpaired) electrons. The van der Waals surface area contributed by atoms with E-state index < -0.39 is 6.10 Å². The second-order valence-corrected chi connectivity index (χ2v) is 18.1. The molecule has 0 aromatic heterocycles. The summed E-state index contributed by atoms with van der Waals surface area (Å²) in [5.41, 5.74) is 0. The molecule has 0 aromatic rings. The van der Waals surface area contributed by atoms with E-state index in [0.717, 1.165) is 109 Å². The Balaban J connectivity index is 4.20. The summed E-state index contributed by atoms with van der Waals surface area (Å²) in [5.74, 6) is -0.896. The van der Waals surface area contributed by atoms with Crippen molar-refractivity contribution in [2.45, 2.75) is 271 Å². The predicted octanol–water partition coefficient (Wildman–Crippen LogP) is 18.2. The lowest BCUT2D eigenvalue weighted by Crippen LogP contribution is -2.30. The SMILES string of the molecule is CC/C=C\C/C=C\C/C=C\C/C=C\C/C=C\CCCCCCCCCCCC(=O)OCC(COC(=O)CCCCCCCCC)OC(=O)CCCCCCC/C=C\CCCCCCCC. The Hall–Kier alpha value is -3.15. The number of carbonyl (C=O) groups is 3. The van der Waals surface area contributed by atoms with Crippen molar-refractivity contribution in [2.75, 3.05) is 13.2 Å². The van der Waals surface area contributed by atoms with Crippen LogP contribution in [0, 0.1) is 0 Å². The van der Waals surface area contributed by atoms with Gasteiger partial charge in [0.25, 0.3) is 0 Å². The molecule has 0 spiro atoms. The minimum atomic E-state index is -0.778. The van der Waals surface area contributed by atoms with Crippen LogP contribution in [0.4, 0.5) is 0 Å². The minimum absolute atomic E-state index is 0.0793. The van der Waals surface area contributed by atoms with Crippen molar-refractivity contribution in [3.05, 3.63) is 72.9 Å². The number of rotatable bonds is 49. The van der Waals surface area contributed by atoms with Gasteiger partial charge in [-0.15, -0.1) is 0 Å². The molecule has 0 aromatic carbocycles. The van der Waals surface area contributed by atoms with Crippen molar-refractivity contribution in [1.82, 2.24) is 0 Å². The monoisotopic (exact) mass is 907 g/mol. The molecule has 0 aliphatic rings. The van der Waals surface area contributed by atoms with E-state index in [9.17, 15) is 14.4 Å². The fourth-order valence-corrected chi connectivity index (χ4v) is 7.58. The second kappa shape index (κ2) is 53.5. The number of carbonyl (C=O) groups excluding carboxylic acids is 3. The minimum Gasteiger partial charge on any atom is -0.462 e. The Kier molecular flexibility index (Phi) is 50.9.